The van der Waals surface area contributed by atoms with Crippen molar-refractivity contribution in [3.05, 3.63) is 71.6 Å². The van der Waals surface area contributed by atoms with Crippen molar-refractivity contribution in [1.29, 1.82) is 0 Å². The third-order valence-corrected chi connectivity index (χ3v) is 6.55. The summed E-state index contributed by atoms with van der Waals surface area (Å²) < 4.78 is 6.98. The number of nitrogens with zero attached hydrogens (tertiary/aromatic N) is 3. The number of methoxy groups -OCH3 is 1. The average Bonchev–Trinajstić information content (AvgIpc) is 3.47. The van der Waals surface area contributed by atoms with Crippen LogP contribution in [0.4, 0.5) is 11.4 Å². The molecule has 0 unspecified atom stereocenters. The lowest BCUT2D eigenvalue weighted by atomic mass is 10.2. The lowest BCUT2D eigenvalue weighted by molar-refractivity contribution is -0.113. The van der Waals surface area contributed by atoms with Crippen LogP contribution < -0.4 is 15.4 Å². The Morgan fingerprint density at radius 1 is 1.03 bits per heavy atom. The second-order valence-electron chi connectivity index (χ2n) is 6.94. The molecule has 4 rings (SSSR count). The van der Waals surface area contributed by atoms with E-state index in [1.54, 1.807) is 67.0 Å². The standard InChI is InChI=1S/C23H21N5O3S2/c1-28-21(19-7-4-12-32-19)26-27-23(28)33-14-20(29)24-16-5-3-6-17(13-16)25-22(30)15-8-10-18(31-2)11-9-15/h3-13H,14H2,1-2H3,(H,24,29)(H,25,30). The monoisotopic (exact) mass is 479 g/mol. The summed E-state index contributed by atoms with van der Waals surface area (Å²) in [6.45, 7) is 0. The molecule has 2 aromatic carbocycles. The highest BCUT2D eigenvalue weighted by atomic mass is 32.2. The fraction of sp³-hybridized carbons (Fsp3) is 0.130. The Balaban J connectivity index is 1.33. The van der Waals surface area contributed by atoms with Crippen molar-refractivity contribution in [3.63, 3.8) is 0 Å². The van der Waals surface area contributed by atoms with Crippen molar-refractivity contribution in [2.24, 2.45) is 7.05 Å². The van der Waals surface area contributed by atoms with Gasteiger partial charge in [-0.05, 0) is 53.9 Å². The number of thioether (sulfide) groups is 1. The Kier molecular flexibility index (Phi) is 7.06. The van der Waals surface area contributed by atoms with Crippen LogP contribution in [0.15, 0.2) is 71.2 Å². The van der Waals surface area contributed by atoms with E-state index in [1.165, 1.54) is 11.8 Å². The van der Waals surface area contributed by atoms with Crippen molar-refractivity contribution >= 4 is 46.3 Å². The molecule has 0 spiro atoms. The molecule has 0 saturated heterocycles. The molecule has 2 aromatic heterocycles. The topological polar surface area (TPSA) is 98.1 Å². The molecule has 0 aliphatic rings. The SMILES string of the molecule is COc1ccc(C(=O)Nc2cccc(NC(=O)CSc3nnc(-c4cccs4)n3C)c2)cc1. The summed E-state index contributed by atoms with van der Waals surface area (Å²) in [5, 5.41) is 16.7. The molecule has 0 bridgehead atoms. The molecule has 0 fully saturated rings. The minimum Gasteiger partial charge on any atom is -0.497 e. The maximum atomic E-state index is 12.5. The predicted octanol–water partition coefficient (Wildman–Crippen LogP) is 4.54. The zero-order valence-electron chi connectivity index (χ0n) is 17.9. The second-order valence-corrected chi connectivity index (χ2v) is 8.83. The number of anilines is 2. The molecule has 0 atom stereocenters. The van der Waals surface area contributed by atoms with Gasteiger partial charge in [0.1, 0.15) is 5.75 Å². The Labute approximate surface area is 199 Å². The van der Waals surface area contributed by atoms with E-state index < -0.39 is 0 Å². The molecule has 2 amide bonds. The summed E-state index contributed by atoms with van der Waals surface area (Å²) in [7, 11) is 3.45. The minimum absolute atomic E-state index is 0.179. The van der Waals surface area contributed by atoms with Gasteiger partial charge in [-0.3, -0.25) is 9.59 Å². The maximum Gasteiger partial charge on any atom is 0.255 e. The van der Waals surface area contributed by atoms with Crippen LogP contribution in [0.1, 0.15) is 10.4 Å². The van der Waals surface area contributed by atoms with Crippen molar-refractivity contribution in [2.75, 3.05) is 23.5 Å². The Bertz CT molecular complexity index is 1250. The van der Waals surface area contributed by atoms with Crippen LogP contribution in [-0.2, 0) is 11.8 Å². The van der Waals surface area contributed by atoms with Gasteiger partial charge in [-0.1, -0.05) is 23.9 Å². The van der Waals surface area contributed by atoms with Crippen molar-refractivity contribution < 1.29 is 14.3 Å². The normalized spacial score (nSPS) is 10.6. The molecule has 8 nitrogen and oxygen atoms in total. The van der Waals surface area contributed by atoms with Crippen LogP contribution >= 0.6 is 23.1 Å². The lowest BCUT2D eigenvalue weighted by Gasteiger charge is -2.09. The first-order chi connectivity index (χ1) is 16.0. The van der Waals surface area contributed by atoms with E-state index in [4.69, 9.17) is 4.74 Å². The van der Waals surface area contributed by atoms with Gasteiger partial charge in [0.05, 0.1) is 17.7 Å². The van der Waals surface area contributed by atoms with Crippen molar-refractivity contribution in [1.82, 2.24) is 14.8 Å². The first-order valence-electron chi connectivity index (χ1n) is 9.95. The minimum atomic E-state index is -0.250. The number of rotatable bonds is 8. The van der Waals surface area contributed by atoms with Crippen LogP contribution in [0, 0.1) is 0 Å². The Morgan fingerprint density at radius 3 is 2.48 bits per heavy atom. The van der Waals surface area contributed by atoms with Crippen molar-refractivity contribution in [2.45, 2.75) is 5.16 Å². The van der Waals surface area contributed by atoms with Crippen LogP contribution in [-0.4, -0.2) is 39.4 Å². The third kappa shape index (κ3) is 5.60. The first-order valence-corrected chi connectivity index (χ1v) is 11.8. The van der Waals surface area contributed by atoms with Gasteiger partial charge in [0, 0.05) is 24.0 Å². The highest BCUT2D eigenvalue weighted by molar-refractivity contribution is 7.99. The van der Waals surface area contributed by atoms with Gasteiger partial charge in [0.15, 0.2) is 11.0 Å². The van der Waals surface area contributed by atoms with Crippen LogP contribution in [0.2, 0.25) is 0 Å². The number of amides is 2. The third-order valence-electron chi connectivity index (χ3n) is 4.67. The molecule has 168 valence electrons. The van der Waals surface area contributed by atoms with Crippen molar-refractivity contribution in [3.8, 4) is 16.5 Å². The number of hydrogen-bond donors (Lipinski definition) is 2. The number of nitrogens with one attached hydrogen (secondary N) is 2. The summed E-state index contributed by atoms with van der Waals surface area (Å²) in [6, 6.07) is 17.8. The number of hydrogen-bond acceptors (Lipinski definition) is 7. The number of ether oxygens (including phenoxy) is 1. The zero-order valence-corrected chi connectivity index (χ0v) is 19.6. The molecule has 10 heteroatoms. The fourth-order valence-corrected chi connectivity index (χ4v) is 4.46. The van der Waals surface area contributed by atoms with Gasteiger partial charge in [-0.25, -0.2) is 0 Å². The number of benzene rings is 2. The summed E-state index contributed by atoms with van der Waals surface area (Å²) >= 11 is 2.90. The van der Waals surface area contributed by atoms with Gasteiger partial charge < -0.3 is 19.9 Å². The molecule has 0 saturated carbocycles. The molecule has 2 heterocycles. The Morgan fingerprint density at radius 2 is 1.79 bits per heavy atom. The van der Waals surface area contributed by atoms with E-state index in [2.05, 4.69) is 20.8 Å². The van der Waals surface area contributed by atoms with E-state index in [0.29, 0.717) is 27.8 Å². The van der Waals surface area contributed by atoms with E-state index in [0.717, 1.165) is 10.7 Å². The molecule has 33 heavy (non-hydrogen) atoms. The summed E-state index contributed by atoms with van der Waals surface area (Å²) in [6.07, 6.45) is 0. The number of thiophene rings is 1. The van der Waals surface area contributed by atoms with E-state index in [9.17, 15) is 9.59 Å². The molecule has 0 aliphatic heterocycles. The van der Waals surface area contributed by atoms with Gasteiger partial charge in [0.2, 0.25) is 5.91 Å². The molecule has 0 radical (unpaired) electrons. The largest absolute Gasteiger partial charge is 0.497 e. The summed E-state index contributed by atoms with van der Waals surface area (Å²) in [4.78, 5) is 26.0. The summed E-state index contributed by atoms with van der Waals surface area (Å²) in [5.41, 5.74) is 1.67. The number of aromatic nitrogens is 3. The first kappa shape index (κ1) is 22.6. The maximum absolute atomic E-state index is 12.5. The van der Waals surface area contributed by atoms with Crippen LogP contribution in [0.25, 0.3) is 10.7 Å². The molecule has 0 aliphatic carbocycles. The smallest absolute Gasteiger partial charge is 0.255 e. The molecular formula is C23H21N5O3S2. The average molecular weight is 480 g/mol. The molecule has 2 N–H and O–H groups in total. The molecule has 4 aromatic rings. The van der Waals surface area contributed by atoms with Crippen LogP contribution in [0.5, 0.6) is 5.75 Å². The number of carbonyl (C=O) groups is 2. The second kappa shape index (κ2) is 10.3. The van der Waals surface area contributed by atoms with Gasteiger partial charge in [-0.2, -0.15) is 0 Å². The van der Waals surface area contributed by atoms with Gasteiger partial charge in [-0.15, -0.1) is 21.5 Å². The lowest BCUT2D eigenvalue weighted by Crippen LogP contribution is -2.15. The van der Waals surface area contributed by atoms with Gasteiger partial charge in [0.25, 0.3) is 5.91 Å². The highest BCUT2D eigenvalue weighted by Gasteiger charge is 2.14. The van der Waals surface area contributed by atoms with Crippen LogP contribution in [0.3, 0.4) is 0 Å². The number of carbonyl (C=O) groups excluding carboxylic acids is 2. The van der Waals surface area contributed by atoms with E-state index in [1.807, 2.05) is 29.1 Å². The zero-order chi connectivity index (χ0) is 23.2. The van der Waals surface area contributed by atoms with Gasteiger partial charge >= 0.3 is 0 Å². The Hall–Kier alpha value is -3.63. The van der Waals surface area contributed by atoms with E-state index >= 15 is 0 Å². The highest BCUT2D eigenvalue weighted by Crippen LogP contribution is 2.26. The quantitative estimate of drug-likeness (QED) is 0.360. The summed E-state index contributed by atoms with van der Waals surface area (Å²) in [5.74, 6) is 1.20. The predicted molar refractivity (Wildman–Crippen MR) is 131 cm³/mol. The molecular weight excluding hydrogens is 458 g/mol. The van der Waals surface area contributed by atoms with E-state index in [-0.39, 0.29) is 17.6 Å². The fourth-order valence-electron chi connectivity index (χ4n) is 3.01.